The predicted molar refractivity (Wildman–Crippen MR) is 78.3 cm³/mol. The van der Waals surface area contributed by atoms with Crippen LogP contribution in [0.1, 0.15) is 26.2 Å². The number of carbonyl (C=O) groups is 1. The van der Waals surface area contributed by atoms with Gasteiger partial charge in [0.25, 0.3) is 0 Å². The highest BCUT2D eigenvalue weighted by molar-refractivity contribution is 9.10. The summed E-state index contributed by atoms with van der Waals surface area (Å²) in [5.74, 6) is 1.26. The average molecular weight is 328 g/mol. The van der Waals surface area contributed by atoms with Crippen molar-refractivity contribution in [3.8, 4) is 11.5 Å². The third-order valence-electron chi connectivity index (χ3n) is 2.92. The number of ether oxygens (including phenoxy) is 2. The zero-order valence-electron chi connectivity index (χ0n) is 10.9. The molecule has 2 rings (SSSR count). The number of unbranched alkanes of at least 4 members (excludes halogenated alkanes) is 1. The Bertz CT molecular complexity index is 450. The summed E-state index contributed by atoms with van der Waals surface area (Å²) in [4.78, 5) is 11.9. The summed E-state index contributed by atoms with van der Waals surface area (Å²) in [5.41, 5.74) is 0.670. The van der Waals surface area contributed by atoms with Crippen molar-refractivity contribution < 1.29 is 14.3 Å². The van der Waals surface area contributed by atoms with E-state index in [9.17, 15) is 4.79 Å². The summed E-state index contributed by atoms with van der Waals surface area (Å²) >= 11 is 3.41. The van der Waals surface area contributed by atoms with Gasteiger partial charge in [-0.05, 0) is 18.6 Å². The van der Waals surface area contributed by atoms with Crippen LogP contribution in [-0.2, 0) is 4.79 Å². The van der Waals surface area contributed by atoms with Crippen molar-refractivity contribution in [2.24, 2.45) is 0 Å². The molecule has 1 unspecified atom stereocenters. The van der Waals surface area contributed by atoms with E-state index in [-0.39, 0.29) is 10.7 Å². The van der Waals surface area contributed by atoms with Gasteiger partial charge in [-0.3, -0.25) is 4.79 Å². The van der Waals surface area contributed by atoms with Crippen LogP contribution in [0.5, 0.6) is 11.5 Å². The Balaban J connectivity index is 2.04. The van der Waals surface area contributed by atoms with Gasteiger partial charge in [-0.15, -0.1) is 0 Å². The molecule has 1 atom stereocenters. The van der Waals surface area contributed by atoms with E-state index in [0.29, 0.717) is 30.4 Å². The topological polar surface area (TPSA) is 47.6 Å². The number of anilines is 1. The highest BCUT2D eigenvalue weighted by atomic mass is 79.9. The number of fused-ring (bicyclic) bond motifs is 1. The van der Waals surface area contributed by atoms with E-state index < -0.39 is 0 Å². The first-order chi connectivity index (χ1) is 9.22. The summed E-state index contributed by atoms with van der Waals surface area (Å²) in [6, 6.07) is 5.51. The lowest BCUT2D eigenvalue weighted by atomic mass is 10.2. The second kappa shape index (κ2) is 6.80. The number of nitrogens with one attached hydrogen (secondary N) is 1. The quantitative estimate of drug-likeness (QED) is 0.843. The average Bonchev–Trinajstić information content (AvgIpc) is 2.45. The standard InChI is InChI=1S/C14H18BrNO3/c1-2-3-5-10(15)14(17)16-11-6-4-7-12-13(11)19-9-8-18-12/h4,6-7,10H,2-3,5,8-9H2,1H3,(H,16,17). The highest BCUT2D eigenvalue weighted by Gasteiger charge is 2.20. The first-order valence-electron chi connectivity index (χ1n) is 6.56. The highest BCUT2D eigenvalue weighted by Crippen LogP contribution is 2.37. The fourth-order valence-corrected chi connectivity index (χ4v) is 2.34. The molecular weight excluding hydrogens is 310 g/mol. The number of hydrogen-bond acceptors (Lipinski definition) is 3. The molecule has 0 aromatic heterocycles. The molecule has 0 radical (unpaired) electrons. The summed E-state index contributed by atoms with van der Waals surface area (Å²) < 4.78 is 11.0. The fourth-order valence-electron chi connectivity index (χ4n) is 1.90. The molecule has 19 heavy (non-hydrogen) atoms. The van der Waals surface area contributed by atoms with E-state index in [1.807, 2.05) is 18.2 Å². The SMILES string of the molecule is CCCCC(Br)C(=O)Nc1cccc2c1OCCO2. The molecule has 0 fully saturated rings. The van der Waals surface area contributed by atoms with Gasteiger partial charge >= 0.3 is 0 Å². The smallest absolute Gasteiger partial charge is 0.238 e. The fraction of sp³-hybridized carbons (Fsp3) is 0.500. The van der Waals surface area contributed by atoms with E-state index in [1.165, 1.54) is 0 Å². The number of alkyl halides is 1. The third kappa shape index (κ3) is 3.62. The van der Waals surface area contributed by atoms with Gasteiger partial charge in [0.15, 0.2) is 11.5 Å². The van der Waals surface area contributed by atoms with Crippen LogP contribution in [0.4, 0.5) is 5.69 Å². The molecule has 1 aromatic rings. The van der Waals surface area contributed by atoms with Gasteiger partial charge < -0.3 is 14.8 Å². The minimum atomic E-state index is -0.173. The van der Waals surface area contributed by atoms with Crippen molar-refractivity contribution in [2.75, 3.05) is 18.5 Å². The molecule has 1 aromatic carbocycles. The molecule has 0 saturated carbocycles. The summed E-state index contributed by atoms with van der Waals surface area (Å²) in [7, 11) is 0. The number of carbonyl (C=O) groups excluding carboxylic acids is 1. The van der Waals surface area contributed by atoms with Crippen molar-refractivity contribution in [1.82, 2.24) is 0 Å². The van der Waals surface area contributed by atoms with Crippen LogP contribution in [0, 0.1) is 0 Å². The van der Waals surface area contributed by atoms with E-state index in [2.05, 4.69) is 28.2 Å². The van der Waals surface area contributed by atoms with Crippen molar-refractivity contribution in [3.05, 3.63) is 18.2 Å². The number of halogens is 1. The lowest BCUT2D eigenvalue weighted by Crippen LogP contribution is -2.24. The zero-order chi connectivity index (χ0) is 13.7. The van der Waals surface area contributed by atoms with Gasteiger partial charge in [-0.25, -0.2) is 0 Å². The first-order valence-corrected chi connectivity index (χ1v) is 7.47. The minimum absolute atomic E-state index is 0.0453. The van der Waals surface area contributed by atoms with Crippen molar-refractivity contribution >= 4 is 27.5 Å². The number of benzene rings is 1. The van der Waals surface area contributed by atoms with Gasteiger partial charge in [-0.2, -0.15) is 0 Å². The molecular formula is C14H18BrNO3. The monoisotopic (exact) mass is 327 g/mol. The Morgan fingerprint density at radius 3 is 3.00 bits per heavy atom. The Morgan fingerprint density at radius 2 is 2.21 bits per heavy atom. The van der Waals surface area contributed by atoms with Crippen LogP contribution in [0.25, 0.3) is 0 Å². The van der Waals surface area contributed by atoms with Crippen LogP contribution in [0.3, 0.4) is 0 Å². The lowest BCUT2D eigenvalue weighted by molar-refractivity contribution is -0.115. The molecule has 0 aliphatic carbocycles. The molecule has 4 nitrogen and oxygen atoms in total. The maximum absolute atomic E-state index is 12.0. The van der Waals surface area contributed by atoms with Crippen molar-refractivity contribution in [1.29, 1.82) is 0 Å². The summed E-state index contributed by atoms with van der Waals surface area (Å²) in [5, 5.41) is 2.89. The third-order valence-corrected chi connectivity index (χ3v) is 3.79. The zero-order valence-corrected chi connectivity index (χ0v) is 12.5. The van der Waals surface area contributed by atoms with Gasteiger partial charge in [0.05, 0.1) is 10.5 Å². The van der Waals surface area contributed by atoms with Crippen LogP contribution in [0.2, 0.25) is 0 Å². The Morgan fingerprint density at radius 1 is 1.42 bits per heavy atom. The van der Waals surface area contributed by atoms with Crippen LogP contribution in [-0.4, -0.2) is 23.9 Å². The minimum Gasteiger partial charge on any atom is -0.486 e. The maximum Gasteiger partial charge on any atom is 0.238 e. The van der Waals surface area contributed by atoms with E-state index >= 15 is 0 Å². The lowest BCUT2D eigenvalue weighted by Gasteiger charge is -2.21. The van der Waals surface area contributed by atoms with Crippen LogP contribution in [0.15, 0.2) is 18.2 Å². The number of amides is 1. The Labute approximate surface area is 121 Å². The van der Waals surface area contributed by atoms with Gasteiger partial charge in [0.2, 0.25) is 5.91 Å². The number of rotatable bonds is 5. The molecule has 1 N–H and O–H groups in total. The molecule has 0 spiro atoms. The van der Waals surface area contributed by atoms with E-state index in [0.717, 1.165) is 19.3 Å². The molecule has 1 amide bonds. The van der Waals surface area contributed by atoms with Crippen molar-refractivity contribution in [3.63, 3.8) is 0 Å². The molecule has 0 saturated heterocycles. The van der Waals surface area contributed by atoms with E-state index in [1.54, 1.807) is 0 Å². The molecule has 104 valence electrons. The summed E-state index contributed by atoms with van der Waals surface area (Å²) in [6.07, 6.45) is 2.93. The predicted octanol–water partition coefficient (Wildman–Crippen LogP) is 3.35. The van der Waals surface area contributed by atoms with Gasteiger partial charge in [0, 0.05) is 0 Å². The maximum atomic E-state index is 12.0. The largest absolute Gasteiger partial charge is 0.486 e. The van der Waals surface area contributed by atoms with Crippen molar-refractivity contribution in [2.45, 2.75) is 31.0 Å². The summed E-state index contributed by atoms with van der Waals surface area (Å²) in [6.45, 7) is 3.16. The Hall–Kier alpha value is -1.23. The second-order valence-electron chi connectivity index (χ2n) is 4.43. The second-order valence-corrected chi connectivity index (χ2v) is 5.53. The molecule has 1 aliphatic heterocycles. The van der Waals surface area contributed by atoms with E-state index in [4.69, 9.17) is 9.47 Å². The normalized spacial score (nSPS) is 14.8. The number of hydrogen-bond donors (Lipinski definition) is 1. The molecule has 5 heteroatoms. The molecule has 1 heterocycles. The molecule has 1 aliphatic rings. The molecule has 0 bridgehead atoms. The number of para-hydroxylation sites is 1. The van der Waals surface area contributed by atoms with Crippen LogP contribution < -0.4 is 14.8 Å². The van der Waals surface area contributed by atoms with Crippen LogP contribution >= 0.6 is 15.9 Å². The Kier molecular flexibility index (Phi) is 5.07. The van der Waals surface area contributed by atoms with Gasteiger partial charge in [0.1, 0.15) is 13.2 Å². The first kappa shape index (κ1) is 14.2. The van der Waals surface area contributed by atoms with Gasteiger partial charge in [-0.1, -0.05) is 41.8 Å².